The molecule has 1 heterocycles. The van der Waals surface area contributed by atoms with Crippen LogP contribution in [0.3, 0.4) is 0 Å². The maximum absolute atomic E-state index is 5.96. The molecule has 0 spiro atoms. The highest BCUT2D eigenvalue weighted by Gasteiger charge is 2.22. The van der Waals surface area contributed by atoms with Crippen LogP contribution in [-0.4, -0.2) is 18.9 Å². The second-order valence-corrected chi connectivity index (χ2v) is 5.27. The van der Waals surface area contributed by atoms with Crippen LogP contribution in [0.4, 0.5) is 0 Å². The van der Waals surface area contributed by atoms with Gasteiger partial charge in [0.15, 0.2) is 0 Å². The number of nitrogens with one attached hydrogen (secondary N) is 1. The molecule has 2 unspecified atom stereocenters. The van der Waals surface area contributed by atoms with Gasteiger partial charge in [0.2, 0.25) is 0 Å². The summed E-state index contributed by atoms with van der Waals surface area (Å²) in [5, 5.41) is 3.29. The predicted octanol–water partition coefficient (Wildman–Crippen LogP) is 3.01. The zero-order valence-corrected chi connectivity index (χ0v) is 10.9. The minimum atomic E-state index is 0.157. The summed E-state index contributed by atoms with van der Waals surface area (Å²) >= 11 is 0. The van der Waals surface area contributed by atoms with Crippen molar-refractivity contribution in [3.8, 4) is 5.75 Å². The molecule has 1 aromatic rings. The Labute approximate surface area is 108 Å². The van der Waals surface area contributed by atoms with Gasteiger partial charge in [0.1, 0.15) is 12.0 Å². The van der Waals surface area contributed by atoms with Gasteiger partial charge in [-0.05, 0) is 50.3 Å². The smallest absolute Gasteiger partial charge is 0.119 e. The van der Waals surface area contributed by atoms with E-state index in [0.29, 0.717) is 6.10 Å². The van der Waals surface area contributed by atoms with E-state index in [1.54, 1.807) is 0 Å². The Morgan fingerprint density at radius 2 is 1.89 bits per heavy atom. The lowest BCUT2D eigenvalue weighted by atomic mass is 10.1. The lowest BCUT2D eigenvalue weighted by Gasteiger charge is -2.14. The summed E-state index contributed by atoms with van der Waals surface area (Å²) in [6, 6.07) is 8.38. The van der Waals surface area contributed by atoms with Gasteiger partial charge >= 0.3 is 0 Å². The van der Waals surface area contributed by atoms with Gasteiger partial charge in [-0.15, -0.1) is 0 Å². The molecular formula is C15H21NO2. The molecule has 1 aliphatic heterocycles. The SMILES string of the molecule is CC1NCC(c2ccc(OC3CCCC3)cc2)O1. The Bertz CT molecular complexity index is 384. The van der Waals surface area contributed by atoms with Crippen molar-refractivity contribution in [2.75, 3.05) is 6.54 Å². The molecule has 98 valence electrons. The highest BCUT2D eigenvalue weighted by molar-refractivity contribution is 5.29. The molecule has 2 fully saturated rings. The first-order valence-electron chi connectivity index (χ1n) is 6.97. The molecule has 3 rings (SSSR count). The third kappa shape index (κ3) is 2.68. The van der Waals surface area contributed by atoms with Crippen molar-refractivity contribution in [1.29, 1.82) is 0 Å². The maximum atomic E-state index is 5.96. The van der Waals surface area contributed by atoms with Crippen LogP contribution >= 0.6 is 0 Å². The molecule has 1 saturated carbocycles. The summed E-state index contributed by atoms with van der Waals surface area (Å²) in [5.41, 5.74) is 1.23. The summed E-state index contributed by atoms with van der Waals surface area (Å²) in [5.74, 6) is 0.990. The van der Waals surface area contributed by atoms with Crippen molar-refractivity contribution >= 4 is 0 Å². The first-order chi connectivity index (χ1) is 8.81. The highest BCUT2D eigenvalue weighted by atomic mass is 16.5. The van der Waals surface area contributed by atoms with Crippen molar-refractivity contribution < 1.29 is 9.47 Å². The van der Waals surface area contributed by atoms with Crippen LogP contribution < -0.4 is 10.1 Å². The summed E-state index contributed by atoms with van der Waals surface area (Å²) in [6.45, 7) is 2.93. The molecule has 18 heavy (non-hydrogen) atoms. The fraction of sp³-hybridized carbons (Fsp3) is 0.600. The standard InChI is InChI=1S/C15H21NO2/c1-11-16-10-15(17-11)12-6-8-14(9-7-12)18-13-4-2-3-5-13/h6-9,11,13,15-16H,2-5,10H2,1H3. The van der Waals surface area contributed by atoms with Gasteiger partial charge < -0.3 is 9.47 Å². The van der Waals surface area contributed by atoms with Gasteiger partial charge in [-0.25, -0.2) is 0 Å². The van der Waals surface area contributed by atoms with Crippen molar-refractivity contribution in [3.05, 3.63) is 29.8 Å². The number of hydrogen-bond acceptors (Lipinski definition) is 3. The van der Waals surface area contributed by atoms with Crippen LogP contribution in [0.2, 0.25) is 0 Å². The topological polar surface area (TPSA) is 30.5 Å². The van der Waals surface area contributed by atoms with Crippen LogP contribution in [0.1, 0.15) is 44.3 Å². The molecular weight excluding hydrogens is 226 g/mol. The van der Waals surface area contributed by atoms with E-state index in [1.807, 2.05) is 6.92 Å². The van der Waals surface area contributed by atoms with E-state index in [0.717, 1.165) is 12.3 Å². The van der Waals surface area contributed by atoms with Gasteiger partial charge in [-0.1, -0.05) is 12.1 Å². The first kappa shape index (κ1) is 12.0. The zero-order valence-electron chi connectivity index (χ0n) is 10.9. The molecule has 1 saturated heterocycles. The van der Waals surface area contributed by atoms with Gasteiger partial charge in [0.05, 0.1) is 12.2 Å². The Kier molecular flexibility index (Phi) is 3.52. The Balaban J connectivity index is 1.61. The molecule has 3 heteroatoms. The number of ether oxygens (including phenoxy) is 2. The summed E-state index contributed by atoms with van der Waals surface area (Å²) in [4.78, 5) is 0. The second kappa shape index (κ2) is 5.29. The summed E-state index contributed by atoms with van der Waals surface area (Å²) < 4.78 is 11.7. The van der Waals surface area contributed by atoms with Crippen LogP contribution in [-0.2, 0) is 4.74 Å². The number of benzene rings is 1. The fourth-order valence-corrected chi connectivity index (χ4v) is 2.77. The number of hydrogen-bond donors (Lipinski definition) is 1. The molecule has 0 aromatic heterocycles. The molecule has 0 bridgehead atoms. The molecule has 1 aliphatic carbocycles. The van der Waals surface area contributed by atoms with E-state index in [-0.39, 0.29) is 12.3 Å². The van der Waals surface area contributed by atoms with Crippen molar-refractivity contribution in [1.82, 2.24) is 5.32 Å². The third-order valence-electron chi connectivity index (χ3n) is 3.82. The maximum Gasteiger partial charge on any atom is 0.119 e. The third-order valence-corrected chi connectivity index (χ3v) is 3.82. The quantitative estimate of drug-likeness (QED) is 0.890. The van der Waals surface area contributed by atoms with Gasteiger partial charge in [-0.3, -0.25) is 5.32 Å². The highest BCUT2D eigenvalue weighted by Crippen LogP contribution is 2.27. The van der Waals surface area contributed by atoms with E-state index >= 15 is 0 Å². The van der Waals surface area contributed by atoms with E-state index in [9.17, 15) is 0 Å². The van der Waals surface area contributed by atoms with Crippen LogP contribution in [0.15, 0.2) is 24.3 Å². The van der Waals surface area contributed by atoms with Crippen molar-refractivity contribution in [2.45, 2.75) is 51.0 Å². The van der Waals surface area contributed by atoms with E-state index in [4.69, 9.17) is 9.47 Å². The molecule has 1 N–H and O–H groups in total. The molecule has 3 nitrogen and oxygen atoms in total. The van der Waals surface area contributed by atoms with Crippen molar-refractivity contribution in [3.63, 3.8) is 0 Å². The lowest BCUT2D eigenvalue weighted by molar-refractivity contribution is 0.0529. The largest absolute Gasteiger partial charge is 0.490 e. The predicted molar refractivity (Wildman–Crippen MR) is 70.6 cm³/mol. The minimum Gasteiger partial charge on any atom is -0.490 e. The average Bonchev–Trinajstić information content (AvgIpc) is 3.02. The zero-order chi connectivity index (χ0) is 12.4. The summed E-state index contributed by atoms with van der Waals surface area (Å²) in [6.07, 6.45) is 5.79. The van der Waals surface area contributed by atoms with E-state index in [1.165, 1.54) is 31.2 Å². The Morgan fingerprint density at radius 1 is 1.17 bits per heavy atom. The normalized spacial score (nSPS) is 28.7. The molecule has 2 atom stereocenters. The van der Waals surface area contributed by atoms with Crippen LogP contribution in [0.25, 0.3) is 0 Å². The van der Waals surface area contributed by atoms with Crippen molar-refractivity contribution in [2.24, 2.45) is 0 Å². The first-order valence-corrected chi connectivity index (χ1v) is 6.97. The van der Waals surface area contributed by atoms with E-state index < -0.39 is 0 Å². The second-order valence-electron chi connectivity index (χ2n) is 5.27. The van der Waals surface area contributed by atoms with Crippen LogP contribution in [0.5, 0.6) is 5.75 Å². The van der Waals surface area contributed by atoms with Gasteiger partial charge in [0.25, 0.3) is 0 Å². The average molecular weight is 247 g/mol. The van der Waals surface area contributed by atoms with Gasteiger partial charge in [0, 0.05) is 6.54 Å². The molecule has 2 aliphatic rings. The molecule has 0 radical (unpaired) electrons. The molecule has 1 aromatic carbocycles. The number of rotatable bonds is 3. The summed E-state index contributed by atoms with van der Waals surface area (Å²) in [7, 11) is 0. The van der Waals surface area contributed by atoms with E-state index in [2.05, 4.69) is 29.6 Å². The fourth-order valence-electron chi connectivity index (χ4n) is 2.77. The lowest BCUT2D eigenvalue weighted by Crippen LogP contribution is -2.17. The minimum absolute atomic E-state index is 0.157. The van der Waals surface area contributed by atoms with Gasteiger partial charge in [-0.2, -0.15) is 0 Å². The monoisotopic (exact) mass is 247 g/mol. The van der Waals surface area contributed by atoms with Crippen LogP contribution in [0, 0.1) is 0 Å². The Hall–Kier alpha value is -1.06. The Morgan fingerprint density at radius 3 is 2.50 bits per heavy atom. The molecule has 0 amide bonds.